The van der Waals surface area contributed by atoms with Crippen LogP contribution >= 0.6 is 12.4 Å². The van der Waals surface area contributed by atoms with Crippen LogP contribution in [-0.4, -0.2) is 10.8 Å². The van der Waals surface area contributed by atoms with Crippen molar-refractivity contribution in [1.82, 2.24) is 4.98 Å². The fourth-order valence-electron chi connectivity index (χ4n) is 2.02. The van der Waals surface area contributed by atoms with Gasteiger partial charge >= 0.3 is 0 Å². The van der Waals surface area contributed by atoms with E-state index >= 15 is 0 Å². The molecular weight excluding hydrogens is 258 g/mol. The molecular formula is C15H26ClN3. The second-order valence-corrected chi connectivity index (χ2v) is 4.84. The van der Waals surface area contributed by atoms with Crippen molar-refractivity contribution in [3.05, 3.63) is 29.6 Å². The average Bonchev–Trinajstić information content (AvgIpc) is 2.38. The van der Waals surface area contributed by atoms with E-state index in [1.807, 2.05) is 18.3 Å². The van der Waals surface area contributed by atoms with Crippen LogP contribution < -0.4 is 5.73 Å². The third kappa shape index (κ3) is 7.83. The molecule has 1 rings (SSSR count). The van der Waals surface area contributed by atoms with Gasteiger partial charge in [-0.3, -0.25) is 10.4 Å². The summed E-state index contributed by atoms with van der Waals surface area (Å²) in [6, 6.07) is 3.86. The van der Waals surface area contributed by atoms with E-state index in [0.29, 0.717) is 5.69 Å². The van der Waals surface area contributed by atoms with Crippen molar-refractivity contribution in [2.24, 2.45) is 5.73 Å². The summed E-state index contributed by atoms with van der Waals surface area (Å²) in [5.41, 5.74) is 7.18. The van der Waals surface area contributed by atoms with Gasteiger partial charge in [0.1, 0.15) is 11.5 Å². The Labute approximate surface area is 122 Å². The molecule has 0 aliphatic rings. The van der Waals surface area contributed by atoms with Gasteiger partial charge in [-0.1, -0.05) is 51.5 Å². The number of hydrogen-bond acceptors (Lipinski definition) is 2. The van der Waals surface area contributed by atoms with Gasteiger partial charge in [0.15, 0.2) is 0 Å². The van der Waals surface area contributed by atoms with E-state index in [4.69, 9.17) is 11.1 Å². The van der Waals surface area contributed by atoms with E-state index in [-0.39, 0.29) is 18.2 Å². The van der Waals surface area contributed by atoms with Gasteiger partial charge in [-0.05, 0) is 24.5 Å². The normalized spacial score (nSPS) is 9.95. The summed E-state index contributed by atoms with van der Waals surface area (Å²) < 4.78 is 0. The highest BCUT2D eigenvalue weighted by atomic mass is 35.5. The standard InChI is InChI=1S/C15H25N3.ClH/c1-2-3-4-5-6-7-8-9-13-10-11-14(15(16)17)18-12-13;/h10-12H,2-9H2,1H3,(H3,16,17);1H. The number of amidine groups is 1. The third-order valence-corrected chi connectivity index (χ3v) is 3.17. The Balaban J connectivity index is 0.00000324. The molecule has 1 aromatic rings. The highest BCUT2D eigenvalue weighted by Crippen LogP contribution is 2.10. The molecule has 0 saturated carbocycles. The van der Waals surface area contributed by atoms with E-state index in [1.165, 1.54) is 50.5 Å². The number of aromatic nitrogens is 1. The van der Waals surface area contributed by atoms with Crippen LogP contribution in [-0.2, 0) is 6.42 Å². The zero-order valence-corrected chi connectivity index (χ0v) is 12.6. The molecule has 3 N–H and O–H groups in total. The van der Waals surface area contributed by atoms with Crippen LogP contribution in [0.3, 0.4) is 0 Å². The number of pyridine rings is 1. The van der Waals surface area contributed by atoms with E-state index in [2.05, 4.69) is 11.9 Å². The number of nitrogens with one attached hydrogen (secondary N) is 1. The third-order valence-electron chi connectivity index (χ3n) is 3.17. The summed E-state index contributed by atoms with van der Waals surface area (Å²) in [4.78, 5) is 4.17. The predicted molar refractivity (Wildman–Crippen MR) is 84.2 cm³/mol. The Morgan fingerprint density at radius 2 is 1.74 bits per heavy atom. The number of rotatable bonds is 9. The Bertz CT molecular complexity index is 349. The lowest BCUT2D eigenvalue weighted by Crippen LogP contribution is -2.12. The molecule has 0 aromatic carbocycles. The van der Waals surface area contributed by atoms with Crippen molar-refractivity contribution in [3.63, 3.8) is 0 Å². The van der Waals surface area contributed by atoms with Gasteiger partial charge in [-0.15, -0.1) is 12.4 Å². The number of nitrogen functional groups attached to an aromatic ring is 1. The molecule has 1 heterocycles. The van der Waals surface area contributed by atoms with Crippen LogP contribution in [0.1, 0.15) is 63.1 Å². The first-order valence-corrected chi connectivity index (χ1v) is 7.03. The molecule has 1 aromatic heterocycles. The fraction of sp³-hybridized carbons (Fsp3) is 0.600. The summed E-state index contributed by atoms with van der Waals surface area (Å²) in [6.07, 6.45) is 12.2. The first-order valence-electron chi connectivity index (χ1n) is 7.03. The Morgan fingerprint density at radius 1 is 1.11 bits per heavy atom. The molecule has 0 aliphatic heterocycles. The van der Waals surface area contributed by atoms with Gasteiger partial charge in [0.2, 0.25) is 0 Å². The number of unbranched alkanes of at least 4 members (excludes halogenated alkanes) is 6. The highest BCUT2D eigenvalue weighted by Gasteiger charge is 1.98. The molecule has 0 bridgehead atoms. The van der Waals surface area contributed by atoms with Crippen molar-refractivity contribution in [3.8, 4) is 0 Å². The van der Waals surface area contributed by atoms with Crippen LogP contribution in [0.25, 0.3) is 0 Å². The van der Waals surface area contributed by atoms with Crippen LogP contribution in [0.2, 0.25) is 0 Å². The second-order valence-electron chi connectivity index (χ2n) is 4.84. The SMILES string of the molecule is CCCCCCCCCc1ccc(C(=N)N)nc1.Cl. The van der Waals surface area contributed by atoms with E-state index in [1.54, 1.807) is 0 Å². The Morgan fingerprint density at radius 3 is 2.26 bits per heavy atom. The van der Waals surface area contributed by atoms with Crippen molar-refractivity contribution in [1.29, 1.82) is 5.41 Å². The van der Waals surface area contributed by atoms with Gasteiger partial charge in [0.25, 0.3) is 0 Å². The number of nitrogens with two attached hydrogens (primary N) is 1. The molecule has 0 amide bonds. The van der Waals surface area contributed by atoms with Crippen molar-refractivity contribution >= 4 is 18.2 Å². The molecule has 0 spiro atoms. The Hall–Kier alpha value is -1.09. The number of halogens is 1. The summed E-state index contributed by atoms with van der Waals surface area (Å²) in [5, 5.41) is 7.27. The highest BCUT2D eigenvalue weighted by molar-refractivity contribution is 5.92. The predicted octanol–water partition coefficient (Wildman–Crippen LogP) is 4.08. The maximum absolute atomic E-state index is 7.27. The average molecular weight is 284 g/mol. The van der Waals surface area contributed by atoms with E-state index in [0.717, 1.165) is 6.42 Å². The minimum absolute atomic E-state index is 0. The number of hydrogen-bond donors (Lipinski definition) is 2. The quantitative estimate of drug-likeness (QED) is 0.407. The molecule has 4 heteroatoms. The Kier molecular flexibility index (Phi) is 10.2. The largest absolute Gasteiger partial charge is 0.382 e. The van der Waals surface area contributed by atoms with Crippen molar-refractivity contribution < 1.29 is 0 Å². The lowest BCUT2D eigenvalue weighted by atomic mass is 10.1. The minimum atomic E-state index is 0. The van der Waals surface area contributed by atoms with Gasteiger partial charge in [0, 0.05) is 6.20 Å². The van der Waals surface area contributed by atoms with Crippen LogP contribution in [0.15, 0.2) is 18.3 Å². The first kappa shape index (κ1) is 17.9. The van der Waals surface area contributed by atoms with Crippen LogP contribution in [0.4, 0.5) is 0 Å². The van der Waals surface area contributed by atoms with Crippen LogP contribution in [0.5, 0.6) is 0 Å². The van der Waals surface area contributed by atoms with Gasteiger partial charge in [-0.25, -0.2) is 0 Å². The van der Waals surface area contributed by atoms with Gasteiger partial charge < -0.3 is 5.73 Å². The van der Waals surface area contributed by atoms with E-state index in [9.17, 15) is 0 Å². The zero-order valence-electron chi connectivity index (χ0n) is 11.8. The summed E-state index contributed by atoms with van der Waals surface area (Å²) >= 11 is 0. The minimum Gasteiger partial charge on any atom is -0.382 e. The maximum Gasteiger partial charge on any atom is 0.141 e. The maximum atomic E-state index is 7.27. The van der Waals surface area contributed by atoms with Crippen molar-refractivity contribution in [2.75, 3.05) is 0 Å². The molecule has 0 radical (unpaired) electrons. The monoisotopic (exact) mass is 283 g/mol. The zero-order chi connectivity index (χ0) is 13.2. The molecule has 0 fully saturated rings. The van der Waals surface area contributed by atoms with Crippen LogP contribution in [0, 0.1) is 5.41 Å². The first-order chi connectivity index (χ1) is 8.74. The summed E-state index contributed by atoms with van der Waals surface area (Å²) in [7, 11) is 0. The second kappa shape index (κ2) is 10.8. The molecule has 19 heavy (non-hydrogen) atoms. The van der Waals surface area contributed by atoms with E-state index < -0.39 is 0 Å². The summed E-state index contributed by atoms with van der Waals surface area (Å²) in [5.74, 6) is 0.0393. The molecule has 0 unspecified atom stereocenters. The van der Waals surface area contributed by atoms with Gasteiger partial charge in [0.05, 0.1) is 0 Å². The lowest BCUT2D eigenvalue weighted by Gasteiger charge is -2.03. The lowest BCUT2D eigenvalue weighted by molar-refractivity contribution is 0.589. The fourth-order valence-corrected chi connectivity index (χ4v) is 2.02. The van der Waals surface area contributed by atoms with Gasteiger partial charge in [-0.2, -0.15) is 0 Å². The molecule has 0 saturated heterocycles. The molecule has 108 valence electrons. The number of nitrogens with zero attached hydrogens (tertiary/aromatic N) is 1. The molecule has 0 aliphatic carbocycles. The molecule has 0 atom stereocenters. The molecule has 3 nitrogen and oxygen atoms in total. The smallest absolute Gasteiger partial charge is 0.141 e. The summed E-state index contributed by atoms with van der Waals surface area (Å²) in [6.45, 7) is 2.25. The number of aryl methyl sites for hydroxylation is 1. The topological polar surface area (TPSA) is 62.8 Å². The van der Waals surface area contributed by atoms with Crippen molar-refractivity contribution in [2.45, 2.75) is 58.3 Å².